The molecule has 2 N–H and O–H groups in total. The Morgan fingerprint density at radius 1 is 1.00 bits per heavy atom. The summed E-state index contributed by atoms with van der Waals surface area (Å²) in [5.41, 5.74) is 6.39. The molecular weight excluding hydrogens is 307 g/mol. The third kappa shape index (κ3) is 5.10. The zero-order valence-corrected chi connectivity index (χ0v) is 12.2. The number of rotatable bonds is 5. The van der Waals surface area contributed by atoms with Crippen molar-refractivity contribution in [2.24, 2.45) is 5.73 Å². The van der Waals surface area contributed by atoms with Crippen molar-refractivity contribution in [2.75, 3.05) is 0 Å². The number of carbonyl (C=O) groups is 1. The van der Waals surface area contributed by atoms with Gasteiger partial charge in [-0.05, 0) is 29.7 Å². The summed E-state index contributed by atoms with van der Waals surface area (Å²) >= 11 is 0. The molecule has 0 unspecified atom stereocenters. The Morgan fingerprint density at radius 3 is 2.17 bits per heavy atom. The maximum absolute atomic E-state index is 12.5. The van der Waals surface area contributed by atoms with E-state index in [1.165, 1.54) is 12.1 Å². The van der Waals surface area contributed by atoms with Crippen molar-refractivity contribution < 1.29 is 22.7 Å². The van der Waals surface area contributed by atoms with Crippen molar-refractivity contribution in [3.63, 3.8) is 0 Å². The van der Waals surface area contributed by atoms with Crippen molar-refractivity contribution >= 4 is 5.97 Å². The van der Waals surface area contributed by atoms with Crippen LogP contribution in [0.2, 0.25) is 0 Å². The second-order valence-corrected chi connectivity index (χ2v) is 5.10. The molecule has 2 aromatic carbocycles. The first-order valence-corrected chi connectivity index (χ1v) is 6.98. The van der Waals surface area contributed by atoms with Gasteiger partial charge in [-0.15, -0.1) is 0 Å². The minimum Gasteiger partial charge on any atom is -0.460 e. The first-order valence-electron chi connectivity index (χ1n) is 6.98. The van der Waals surface area contributed by atoms with Gasteiger partial charge in [0, 0.05) is 0 Å². The predicted molar refractivity (Wildman–Crippen MR) is 79.4 cm³/mol. The molecule has 2 rings (SSSR count). The summed E-state index contributed by atoms with van der Waals surface area (Å²) in [6.45, 7) is 0.111. The Labute approximate surface area is 131 Å². The van der Waals surface area contributed by atoms with E-state index < -0.39 is 23.8 Å². The Balaban J connectivity index is 1.88. The van der Waals surface area contributed by atoms with E-state index in [2.05, 4.69) is 0 Å². The molecule has 0 spiro atoms. The van der Waals surface area contributed by atoms with Gasteiger partial charge in [-0.25, -0.2) is 0 Å². The number of esters is 1. The number of halogens is 3. The van der Waals surface area contributed by atoms with Gasteiger partial charge in [0.1, 0.15) is 12.6 Å². The van der Waals surface area contributed by atoms with Crippen LogP contribution >= 0.6 is 0 Å². The molecule has 3 nitrogen and oxygen atoms in total. The third-order valence-electron chi connectivity index (χ3n) is 3.26. The van der Waals surface area contributed by atoms with Gasteiger partial charge in [-0.2, -0.15) is 13.2 Å². The molecule has 0 bridgehead atoms. The Morgan fingerprint density at radius 2 is 1.61 bits per heavy atom. The number of benzene rings is 2. The number of hydrogen-bond donors (Lipinski definition) is 1. The molecule has 0 fully saturated rings. The summed E-state index contributed by atoms with van der Waals surface area (Å²) in [6.07, 6.45) is -4.26. The molecule has 0 radical (unpaired) electrons. The SMILES string of the molecule is N[C@@H](Cc1ccc(C(F)(F)F)cc1)C(=O)OCc1ccccc1. The highest BCUT2D eigenvalue weighted by molar-refractivity contribution is 5.75. The summed E-state index contributed by atoms with van der Waals surface area (Å²) in [4.78, 5) is 11.8. The summed E-state index contributed by atoms with van der Waals surface area (Å²) < 4.78 is 42.5. The van der Waals surface area contributed by atoms with Crippen LogP contribution in [0, 0.1) is 0 Å². The first kappa shape index (κ1) is 17.0. The Hall–Kier alpha value is -2.34. The van der Waals surface area contributed by atoms with Gasteiger partial charge in [-0.1, -0.05) is 42.5 Å². The minimum absolute atomic E-state index is 0.111. The van der Waals surface area contributed by atoms with E-state index in [9.17, 15) is 18.0 Å². The third-order valence-corrected chi connectivity index (χ3v) is 3.26. The number of nitrogens with two attached hydrogens (primary N) is 1. The van der Waals surface area contributed by atoms with Crippen LogP contribution < -0.4 is 5.73 Å². The largest absolute Gasteiger partial charge is 0.460 e. The molecule has 1 atom stereocenters. The number of alkyl halides is 3. The van der Waals surface area contributed by atoms with E-state index in [4.69, 9.17) is 10.5 Å². The average Bonchev–Trinajstić information content (AvgIpc) is 2.53. The lowest BCUT2D eigenvalue weighted by molar-refractivity contribution is -0.146. The Kier molecular flexibility index (Phi) is 5.39. The maximum atomic E-state index is 12.5. The second kappa shape index (κ2) is 7.28. The number of hydrogen-bond acceptors (Lipinski definition) is 3. The van der Waals surface area contributed by atoms with Gasteiger partial charge in [0.05, 0.1) is 5.56 Å². The molecule has 0 saturated heterocycles. The topological polar surface area (TPSA) is 52.3 Å². The lowest BCUT2D eigenvalue weighted by Crippen LogP contribution is -2.34. The molecule has 0 heterocycles. The van der Waals surface area contributed by atoms with Crippen molar-refractivity contribution in [3.8, 4) is 0 Å². The highest BCUT2D eigenvalue weighted by Crippen LogP contribution is 2.29. The molecular formula is C17H16F3NO2. The summed E-state index contributed by atoms with van der Waals surface area (Å²) in [5.74, 6) is -0.589. The van der Waals surface area contributed by atoms with Crippen LogP contribution in [-0.2, 0) is 28.7 Å². The molecule has 0 amide bonds. The van der Waals surface area contributed by atoms with Crippen LogP contribution in [0.1, 0.15) is 16.7 Å². The minimum atomic E-state index is -4.38. The standard InChI is InChI=1S/C17H16F3NO2/c18-17(19,20)14-8-6-12(7-9-14)10-15(21)16(22)23-11-13-4-2-1-3-5-13/h1-9,15H,10-11,21H2/t15-/m0/s1. The zero-order chi connectivity index (χ0) is 16.9. The van der Waals surface area contributed by atoms with Crippen molar-refractivity contribution in [2.45, 2.75) is 25.2 Å². The summed E-state index contributed by atoms with van der Waals surface area (Å²) in [6, 6.07) is 12.8. The highest BCUT2D eigenvalue weighted by atomic mass is 19.4. The van der Waals surface area contributed by atoms with E-state index >= 15 is 0 Å². The molecule has 2 aromatic rings. The average molecular weight is 323 g/mol. The van der Waals surface area contributed by atoms with E-state index in [1.807, 2.05) is 30.3 Å². The number of carbonyl (C=O) groups excluding carboxylic acids is 1. The van der Waals surface area contributed by atoms with Crippen LogP contribution in [-0.4, -0.2) is 12.0 Å². The second-order valence-electron chi connectivity index (χ2n) is 5.10. The fraction of sp³-hybridized carbons (Fsp3) is 0.235. The van der Waals surface area contributed by atoms with Crippen LogP contribution in [0.25, 0.3) is 0 Å². The molecule has 0 aliphatic rings. The van der Waals surface area contributed by atoms with Crippen LogP contribution in [0.4, 0.5) is 13.2 Å². The lowest BCUT2D eigenvalue weighted by atomic mass is 10.0. The summed E-state index contributed by atoms with van der Waals surface area (Å²) in [7, 11) is 0. The molecule has 6 heteroatoms. The highest BCUT2D eigenvalue weighted by Gasteiger charge is 2.30. The van der Waals surface area contributed by atoms with Gasteiger partial charge in [0.15, 0.2) is 0 Å². The van der Waals surface area contributed by atoms with Gasteiger partial charge in [0.25, 0.3) is 0 Å². The Bertz CT molecular complexity index is 639. The van der Waals surface area contributed by atoms with E-state index in [-0.39, 0.29) is 13.0 Å². The molecule has 122 valence electrons. The van der Waals surface area contributed by atoms with Gasteiger partial charge < -0.3 is 10.5 Å². The first-order chi connectivity index (χ1) is 10.9. The monoisotopic (exact) mass is 323 g/mol. The molecule has 23 heavy (non-hydrogen) atoms. The molecule has 0 saturated carbocycles. The fourth-order valence-electron chi connectivity index (χ4n) is 2.00. The predicted octanol–water partition coefficient (Wildman–Crippen LogP) is 3.32. The molecule has 0 aromatic heterocycles. The fourth-order valence-corrected chi connectivity index (χ4v) is 2.00. The van der Waals surface area contributed by atoms with Crippen molar-refractivity contribution in [3.05, 3.63) is 71.3 Å². The quantitative estimate of drug-likeness (QED) is 0.859. The van der Waals surface area contributed by atoms with Gasteiger partial charge >= 0.3 is 12.1 Å². The zero-order valence-electron chi connectivity index (χ0n) is 12.2. The van der Waals surface area contributed by atoms with Gasteiger partial charge in [0.2, 0.25) is 0 Å². The van der Waals surface area contributed by atoms with Crippen molar-refractivity contribution in [1.29, 1.82) is 0 Å². The van der Waals surface area contributed by atoms with E-state index in [0.717, 1.165) is 17.7 Å². The van der Waals surface area contributed by atoms with Gasteiger partial charge in [-0.3, -0.25) is 4.79 Å². The van der Waals surface area contributed by atoms with Crippen LogP contribution in [0.3, 0.4) is 0 Å². The van der Waals surface area contributed by atoms with Crippen LogP contribution in [0.5, 0.6) is 0 Å². The van der Waals surface area contributed by atoms with Crippen LogP contribution in [0.15, 0.2) is 54.6 Å². The van der Waals surface area contributed by atoms with E-state index in [0.29, 0.717) is 5.56 Å². The van der Waals surface area contributed by atoms with Crippen molar-refractivity contribution in [1.82, 2.24) is 0 Å². The number of ether oxygens (including phenoxy) is 1. The summed E-state index contributed by atoms with van der Waals surface area (Å²) in [5, 5.41) is 0. The lowest BCUT2D eigenvalue weighted by Gasteiger charge is -2.12. The molecule has 0 aliphatic carbocycles. The normalized spacial score (nSPS) is 12.7. The van der Waals surface area contributed by atoms with E-state index in [1.54, 1.807) is 0 Å². The maximum Gasteiger partial charge on any atom is 0.416 e. The smallest absolute Gasteiger partial charge is 0.416 e. The molecule has 0 aliphatic heterocycles.